The van der Waals surface area contributed by atoms with E-state index in [1.54, 1.807) is 36.4 Å². The summed E-state index contributed by atoms with van der Waals surface area (Å²) in [7, 11) is 0. The number of carbonyl (C=O) groups excluding carboxylic acids is 1. The van der Waals surface area contributed by atoms with Crippen LogP contribution in [0, 0.1) is 0 Å². The summed E-state index contributed by atoms with van der Waals surface area (Å²) in [6.45, 7) is 3.72. The molecule has 1 aromatic carbocycles. The molecule has 1 aliphatic rings. The van der Waals surface area contributed by atoms with Crippen molar-refractivity contribution in [3.63, 3.8) is 0 Å². The molecular formula is C19H17ClN2O3. The van der Waals surface area contributed by atoms with E-state index in [4.69, 9.17) is 11.6 Å². The third kappa shape index (κ3) is 3.15. The van der Waals surface area contributed by atoms with Crippen LogP contribution in [0.4, 0.5) is 5.69 Å². The molecule has 0 saturated heterocycles. The molecule has 0 radical (unpaired) electrons. The molecule has 1 saturated carbocycles. The molecule has 0 aliphatic heterocycles. The number of hydrogen-bond acceptors (Lipinski definition) is 3. The van der Waals surface area contributed by atoms with Crippen LogP contribution in [-0.2, 0) is 10.2 Å². The highest BCUT2D eigenvalue weighted by atomic mass is 35.5. The first-order valence-electron chi connectivity index (χ1n) is 7.90. The van der Waals surface area contributed by atoms with Crippen molar-refractivity contribution in [1.29, 1.82) is 0 Å². The van der Waals surface area contributed by atoms with E-state index < -0.39 is 11.4 Å². The van der Waals surface area contributed by atoms with E-state index in [2.05, 4.69) is 16.9 Å². The van der Waals surface area contributed by atoms with Crippen LogP contribution in [0.3, 0.4) is 0 Å². The number of pyridine rings is 1. The van der Waals surface area contributed by atoms with Gasteiger partial charge in [0.1, 0.15) is 5.41 Å². The second kappa shape index (κ2) is 6.69. The number of anilines is 1. The minimum atomic E-state index is -0.923. The lowest BCUT2D eigenvalue weighted by Gasteiger charge is -2.37. The van der Waals surface area contributed by atoms with E-state index in [0.717, 1.165) is 6.42 Å². The summed E-state index contributed by atoms with van der Waals surface area (Å²) >= 11 is 5.91. The van der Waals surface area contributed by atoms with Crippen LogP contribution in [0.5, 0.6) is 0 Å². The summed E-state index contributed by atoms with van der Waals surface area (Å²) in [5.74, 6) is -1.19. The minimum Gasteiger partial charge on any atom is -0.481 e. The molecule has 1 fully saturated rings. The fourth-order valence-corrected chi connectivity index (χ4v) is 3.13. The molecule has 25 heavy (non-hydrogen) atoms. The first-order valence-corrected chi connectivity index (χ1v) is 8.28. The van der Waals surface area contributed by atoms with E-state index in [-0.39, 0.29) is 5.91 Å². The van der Waals surface area contributed by atoms with Crippen molar-refractivity contribution < 1.29 is 14.7 Å². The van der Waals surface area contributed by atoms with Crippen molar-refractivity contribution in [3.05, 3.63) is 65.0 Å². The Labute approximate surface area is 150 Å². The van der Waals surface area contributed by atoms with E-state index in [9.17, 15) is 14.7 Å². The van der Waals surface area contributed by atoms with Gasteiger partial charge in [-0.15, -0.1) is 0 Å². The lowest BCUT2D eigenvalue weighted by atomic mass is 9.66. The molecule has 5 nitrogen and oxygen atoms in total. The van der Waals surface area contributed by atoms with Gasteiger partial charge in [-0.05, 0) is 49.2 Å². The Morgan fingerprint density at radius 2 is 2.04 bits per heavy atom. The molecule has 128 valence electrons. The van der Waals surface area contributed by atoms with E-state index in [1.165, 1.54) is 6.08 Å². The molecular weight excluding hydrogens is 340 g/mol. The van der Waals surface area contributed by atoms with Crippen molar-refractivity contribution in [1.82, 2.24) is 4.98 Å². The number of carboxylic acids is 1. The fourth-order valence-electron chi connectivity index (χ4n) is 2.94. The Morgan fingerprint density at radius 1 is 1.28 bits per heavy atom. The minimum absolute atomic E-state index is 0.322. The van der Waals surface area contributed by atoms with Gasteiger partial charge < -0.3 is 10.4 Å². The summed E-state index contributed by atoms with van der Waals surface area (Å²) in [6, 6.07) is 9.94. The van der Waals surface area contributed by atoms with Gasteiger partial charge in [0.05, 0.1) is 17.1 Å². The van der Waals surface area contributed by atoms with Crippen molar-refractivity contribution in [2.24, 2.45) is 0 Å². The van der Waals surface area contributed by atoms with Crippen LogP contribution < -0.4 is 5.32 Å². The number of rotatable bonds is 5. The second-order valence-corrected chi connectivity index (χ2v) is 6.48. The lowest BCUT2D eigenvalue weighted by Crippen LogP contribution is -2.43. The molecule has 1 amide bonds. The van der Waals surface area contributed by atoms with E-state index in [1.807, 2.05) is 0 Å². The number of benzene rings is 1. The highest BCUT2D eigenvalue weighted by Crippen LogP contribution is 2.43. The van der Waals surface area contributed by atoms with Gasteiger partial charge >= 0.3 is 5.97 Å². The molecule has 0 unspecified atom stereocenters. The molecule has 0 spiro atoms. The average Bonchev–Trinajstić information content (AvgIpc) is 2.54. The Kier molecular flexibility index (Phi) is 4.59. The Hall–Kier alpha value is -2.66. The summed E-state index contributed by atoms with van der Waals surface area (Å²) in [4.78, 5) is 28.4. The van der Waals surface area contributed by atoms with E-state index in [0.29, 0.717) is 40.5 Å². The second-order valence-electron chi connectivity index (χ2n) is 6.04. The molecule has 2 N–H and O–H groups in total. The van der Waals surface area contributed by atoms with Gasteiger partial charge in [-0.25, -0.2) is 0 Å². The van der Waals surface area contributed by atoms with Crippen molar-refractivity contribution in [3.8, 4) is 0 Å². The fraction of sp³-hybridized carbons (Fsp3) is 0.211. The number of amides is 1. The normalized spacial score (nSPS) is 15.1. The Morgan fingerprint density at radius 3 is 2.60 bits per heavy atom. The molecule has 0 atom stereocenters. The van der Waals surface area contributed by atoms with Crippen molar-refractivity contribution in [2.45, 2.75) is 24.7 Å². The van der Waals surface area contributed by atoms with Gasteiger partial charge in [0.2, 0.25) is 0 Å². The molecule has 3 rings (SSSR count). The topological polar surface area (TPSA) is 79.3 Å². The maximum Gasteiger partial charge on any atom is 0.315 e. The summed E-state index contributed by atoms with van der Waals surface area (Å²) in [5.41, 5.74) is 0.922. The van der Waals surface area contributed by atoms with Gasteiger partial charge in [-0.1, -0.05) is 30.7 Å². The first kappa shape index (κ1) is 17.2. The van der Waals surface area contributed by atoms with Gasteiger partial charge in [-0.3, -0.25) is 14.6 Å². The summed E-state index contributed by atoms with van der Waals surface area (Å²) < 4.78 is 0. The smallest absolute Gasteiger partial charge is 0.315 e. The number of hydrogen-bond donors (Lipinski definition) is 2. The zero-order valence-electron chi connectivity index (χ0n) is 13.5. The van der Waals surface area contributed by atoms with E-state index >= 15 is 0 Å². The predicted molar refractivity (Wildman–Crippen MR) is 96.9 cm³/mol. The number of halogens is 1. The molecule has 2 aromatic rings. The van der Waals surface area contributed by atoms with Crippen LogP contribution in [0.1, 0.15) is 41.0 Å². The molecule has 0 bridgehead atoms. The van der Waals surface area contributed by atoms with Crippen molar-refractivity contribution >= 4 is 35.2 Å². The highest BCUT2D eigenvalue weighted by Gasteiger charge is 2.47. The maximum absolute atomic E-state index is 12.4. The Bertz CT molecular complexity index is 859. The molecule has 1 aromatic heterocycles. The van der Waals surface area contributed by atoms with Crippen LogP contribution in [-0.4, -0.2) is 22.0 Å². The molecule has 6 heteroatoms. The number of carbonyl (C=O) groups is 2. The van der Waals surface area contributed by atoms with Gasteiger partial charge in [0, 0.05) is 10.6 Å². The van der Waals surface area contributed by atoms with Crippen LogP contribution in [0.2, 0.25) is 5.02 Å². The van der Waals surface area contributed by atoms with Crippen LogP contribution in [0.25, 0.3) is 6.08 Å². The number of nitrogens with one attached hydrogen (secondary N) is 1. The maximum atomic E-state index is 12.4. The number of aliphatic carboxylic acids is 1. The average molecular weight is 357 g/mol. The van der Waals surface area contributed by atoms with Gasteiger partial charge in [0.25, 0.3) is 5.91 Å². The summed E-state index contributed by atoms with van der Waals surface area (Å²) in [5, 5.41) is 12.8. The highest BCUT2D eigenvalue weighted by molar-refractivity contribution is 6.31. The van der Waals surface area contributed by atoms with Crippen molar-refractivity contribution in [2.75, 3.05) is 5.32 Å². The quantitative estimate of drug-likeness (QED) is 0.843. The molecule has 1 heterocycles. The predicted octanol–water partition coefficient (Wildman–Crippen LogP) is 4.14. The third-order valence-electron chi connectivity index (χ3n) is 4.56. The largest absolute Gasteiger partial charge is 0.481 e. The number of aromatic nitrogens is 1. The standard InChI is InChI=1S/C19H17ClN2O3/c1-2-14-15(22-17(23)12-5-3-6-13(20)11-12)7-8-16(21-14)19(18(24)25)9-4-10-19/h2-3,5-8,11H,1,4,9-10H2,(H,22,23)(H,24,25). The monoisotopic (exact) mass is 356 g/mol. The molecule has 1 aliphatic carbocycles. The number of carboxylic acid groups (broad SMARTS) is 1. The number of nitrogens with zero attached hydrogens (tertiary/aromatic N) is 1. The zero-order valence-corrected chi connectivity index (χ0v) is 14.2. The zero-order chi connectivity index (χ0) is 18.0. The van der Waals surface area contributed by atoms with Crippen LogP contribution in [0.15, 0.2) is 43.0 Å². The summed E-state index contributed by atoms with van der Waals surface area (Å²) in [6.07, 6.45) is 3.51. The third-order valence-corrected chi connectivity index (χ3v) is 4.79. The first-order chi connectivity index (χ1) is 12.0. The SMILES string of the molecule is C=Cc1nc(C2(C(=O)O)CCC2)ccc1NC(=O)c1cccc(Cl)c1. The lowest BCUT2D eigenvalue weighted by molar-refractivity contribution is -0.147. The Balaban J connectivity index is 1.89. The van der Waals surface area contributed by atoms with Gasteiger partial charge in [-0.2, -0.15) is 0 Å². The van der Waals surface area contributed by atoms with Crippen LogP contribution >= 0.6 is 11.6 Å². The van der Waals surface area contributed by atoms with Gasteiger partial charge in [0.15, 0.2) is 0 Å².